The lowest BCUT2D eigenvalue weighted by Crippen LogP contribution is -2.09. The molecule has 0 spiro atoms. The lowest BCUT2D eigenvalue weighted by Gasteiger charge is -2.13. The first-order valence-corrected chi connectivity index (χ1v) is 5.17. The quantitative estimate of drug-likeness (QED) is 0.564. The van der Waals surface area contributed by atoms with Crippen LogP contribution in [0, 0.1) is 0 Å². The maximum atomic E-state index is 11.3. The van der Waals surface area contributed by atoms with Crippen LogP contribution in [0.3, 0.4) is 0 Å². The molecule has 3 heteroatoms. The molecular formula is C13H14O3. The Labute approximate surface area is 94.7 Å². The lowest BCUT2D eigenvalue weighted by atomic mass is 9.90. The molecule has 1 saturated heterocycles. The monoisotopic (exact) mass is 218 g/mol. The van der Waals surface area contributed by atoms with Crippen molar-refractivity contribution in [2.45, 2.75) is 18.9 Å². The number of methoxy groups -OCH3 is 1. The van der Waals surface area contributed by atoms with Crippen LogP contribution < -0.4 is 4.74 Å². The van der Waals surface area contributed by atoms with E-state index in [1.54, 1.807) is 7.11 Å². The van der Waals surface area contributed by atoms with Gasteiger partial charge in [-0.1, -0.05) is 18.7 Å². The van der Waals surface area contributed by atoms with E-state index >= 15 is 0 Å². The standard InChI is InChI=1S/C13H14O3/c1-8-12(9(2)16-13(8)14)10-4-6-11(15-3)7-5-10/h4-7,9,12H,1H2,2-3H3/t9-,12-/m1/s1. The van der Waals surface area contributed by atoms with Crippen molar-refractivity contribution in [3.05, 3.63) is 42.0 Å². The Bertz CT molecular complexity index is 419. The summed E-state index contributed by atoms with van der Waals surface area (Å²) >= 11 is 0. The minimum Gasteiger partial charge on any atom is -0.497 e. The molecule has 0 N–H and O–H groups in total. The highest BCUT2D eigenvalue weighted by atomic mass is 16.5. The van der Waals surface area contributed by atoms with Crippen LogP contribution in [0.4, 0.5) is 0 Å². The summed E-state index contributed by atoms with van der Waals surface area (Å²) in [7, 11) is 1.62. The molecule has 3 nitrogen and oxygen atoms in total. The number of hydrogen-bond donors (Lipinski definition) is 0. The Morgan fingerprint density at radius 1 is 1.31 bits per heavy atom. The summed E-state index contributed by atoms with van der Waals surface area (Å²) < 4.78 is 10.2. The summed E-state index contributed by atoms with van der Waals surface area (Å²) in [6.07, 6.45) is -0.145. The van der Waals surface area contributed by atoms with E-state index in [1.165, 1.54) is 0 Å². The van der Waals surface area contributed by atoms with E-state index in [2.05, 4.69) is 6.58 Å². The normalized spacial score (nSPS) is 24.4. The molecule has 1 heterocycles. The number of esters is 1. The maximum absolute atomic E-state index is 11.3. The number of carbonyl (C=O) groups excluding carboxylic acids is 1. The molecule has 1 aromatic rings. The molecule has 0 aromatic heterocycles. The summed E-state index contributed by atoms with van der Waals surface area (Å²) in [4.78, 5) is 11.3. The SMILES string of the molecule is C=C1C(=O)O[C@H](C)[C@@H]1c1ccc(OC)cc1. The Hall–Kier alpha value is -1.77. The second-order valence-corrected chi connectivity index (χ2v) is 3.89. The van der Waals surface area contributed by atoms with Gasteiger partial charge in [0.1, 0.15) is 11.9 Å². The van der Waals surface area contributed by atoms with Gasteiger partial charge in [0.25, 0.3) is 0 Å². The molecule has 1 aliphatic rings. The molecule has 0 saturated carbocycles. The summed E-state index contributed by atoms with van der Waals surface area (Å²) in [5.41, 5.74) is 1.56. The van der Waals surface area contributed by atoms with Gasteiger partial charge in [-0.05, 0) is 24.6 Å². The predicted molar refractivity (Wildman–Crippen MR) is 60.4 cm³/mol. The number of carbonyl (C=O) groups is 1. The molecule has 0 bridgehead atoms. The van der Waals surface area contributed by atoms with Crippen molar-refractivity contribution in [3.63, 3.8) is 0 Å². The molecule has 1 aliphatic heterocycles. The first-order chi connectivity index (χ1) is 7.63. The highest BCUT2D eigenvalue weighted by molar-refractivity contribution is 5.92. The minimum absolute atomic E-state index is 0.0431. The first kappa shape index (κ1) is 10.7. The summed E-state index contributed by atoms with van der Waals surface area (Å²) in [6, 6.07) is 7.62. The van der Waals surface area contributed by atoms with Crippen LogP contribution >= 0.6 is 0 Å². The van der Waals surface area contributed by atoms with E-state index in [0.717, 1.165) is 11.3 Å². The highest BCUT2D eigenvalue weighted by Crippen LogP contribution is 2.35. The zero-order valence-corrected chi connectivity index (χ0v) is 9.40. The Kier molecular flexibility index (Phi) is 2.69. The van der Waals surface area contributed by atoms with E-state index in [1.807, 2.05) is 31.2 Å². The number of cyclic esters (lactones) is 1. The molecule has 0 amide bonds. The number of ether oxygens (including phenoxy) is 2. The van der Waals surface area contributed by atoms with Crippen LogP contribution in [-0.4, -0.2) is 19.2 Å². The van der Waals surface area contributed by atoms with Crippen molar-refractivity contribution in [3.8, 4) is 5.75 Å². The Balaban J connectivity index is 2.29. The van der Waals surface area contributed by atoms with Gasteiger partial charge in [0.15, 0.2) is 0 Å². The second-order valence-electron chi connectivity index (χ2n) is 3.89. The van der Waals surface area contributed by atoms with Crippen LogP contribution in [0.25, 0.3) is 0 Å². The summed E-state index contributed by atoms with van der Waals surface area (Å²) in [5.74, 6) is 0.457. The molecule has 2 atom stereocenters. The van der Waals surface area contributed by atoms with Gasteiger partial charge in [-0.25, -0.2) is 4.79 Å². The van der Waals surface area contributed by atoms with E-state index in [-0.39, 0.29) is 18.0 Å². The zero-order valence-electron chi connectivity index (χ0n) is 9.40. The van der Waals surface area contributed by atoms with Gasteiger partial charge in [-0.2, -0.15) is 0 Å². The largest absolute Gasteiger partial charge is 0.497 e. The van der Waals surface area contributed by atoms with Gasteiger partial charge < -0.3 is 9.47 Å². The number of rotatable bonds is 2. The highest BCUT2D eigenvalue weighted by Gasteiger charge is 2.36. The Morgan fingerprint density at radius 3 is 2.38 bits per heavy atom. The van der Waals surface area contributed by atoms with Crippen molar-refractivity contribution in [2.24, 2.45) is 0 Å². The molecule has 84 valence electrons. The van der Waals surface area contributed by atoms with Gasteiger partial charge in [0.05, 0.1) is 13.0 Å². The molecule has 0 aliphatic carbocycles. The van der Waals surface area contributed by atoms with Crippen LogP contribution in [0.5, 0.6) is 5.75 Å². The van der Waals surface area contributed by atoms with Crippen LogP contribution in [-0.2, 0) is 9.53 Å². The van der Waals surface area contributed by atoms with Crippen molar-refractivity contribution in [1.82, 2.24) is 0 Å². The van der Waals surface area contributed by atoms with Crippen LogP contribution in [0.1, 0.15) is 18.4 Å². The van der Waals surface area contributed by atoms with E-state index in [9.17, 15) is 4.79 Å². The smallest absolute Gasteiger partial charge is 0.334 e. The van der Waals surface area contributed by atoms with Gasteiger partial charge in [0, 0.05) is 5.57 Å². The third kappa shape index (κ3) is 1.69. The first-order valence-electron chi connectivity index (χ1n) is 5.17. The third-order valence-corrected chi connectivity index (χ3v) is 2.87. The average Bonchev–Trinajstić information content (AvgIpc) is 2.54. The van der Waals surface area contributed by atoms with Gasteiger partial charge in [-0.15, -0.1) is 0 Å². The molecule has 1 fully saturated rings. The van der Waals surface area contributed by atoms with Crippen LogP contribution in [0.2, 0.25) is 0 Å². The van der Waals surface area contributed by atoms with Gasteiger partial charge >= 0.3 is 5.97 Å². The summed E-state index contributed by atoms with van der Waals surface area (Å²) in [6.45, 7) is 5.66. The molecule has 0 unspecified atom stereocenters. The number of benzene rings is 1. The fraction of sp³-hybridized carbons (Fsp3) is 0.308. The maximum Gasteiger partial charge on any atom is 0.334 e. The molecule has 2 rings (SSSR count). The minimum atomic E-state index is -0.298. The topological polar surface area (TPSA) is 35.5 Å². The van der Waals surface area contributed by atoms with E-state index < -0.39 is 0 Å². The fourth-order valence-corrected chi connectivity index (χ4v) is 2.01. The van der Waals surface area contributed by atoms with Gasteiger partial charge in [0.2, 0.25) is 0 Å². The molecule has 16 heavy (non-hydrogen) atoms. The second kappa shape index (κ2) is 4.00. The van der Waals surface area contributed by atoms with Crippen LogP contribution in [0.15, 0.2) is 36.4 Å². The average molecular weight is 218 g/mol. The zero-order chi connectivity index (χ0) is 11.7. The predicted octanol–water partition coefficient (Wildman–Crippen LogP) is 2.28. The van der Waals surface area contributed by atoms with Crippen molar-refractivity contribution >= 4 is 5.97 Å². The molecule has 1 aromatic carbocycles. The summed E-state index contributed by atoms with van der Waals surface area (Å²) in [5, 5.41) is 0. The van der Waals surface area contributed by atoms with Crippen molar-refractivity contribution in [1.29, 1.82) is 0 Å². The Morgan fingerprint density at radius 2 is 1.94 bits per heavy atom. The van der Waals surface area contributed by atoms with Crippen molar-refractivity contribution in [2.75, 3.05) is 7.11 Å². The van der Waals surface area contributed by atoms with Crippen molar-refractivity contribution < 1.29 is 14.3 Å². The van der Waals surface area contributed by atoms with E-state index in [0.29, 0.717) is 5.57 Å². The molecular weight excluding hydrogens is 204 g/mol. The number of hydrogen-bond acceptors (Lipinski definition) is 3. The van der Waals surface area contributed by atoms with Gasteiger partial charge in [-0.3, -0.25) is 0 Å². The third-order valence-electron chi connectivity index (χ3n) is 2.87. The fourth-order valence-electron chi connectivity index (χ4n) is 2.01. The molecule has 0 radical (unpaired) electrons. The lowest BCUT2D eigenvalue weighted by molar-refractivity contribution is -0.138. The van der Waals surface area contributed by atoms with E-state index in [4.69, 9.17) is 9.47 Å².